The molecule has 0 saturated heterocycles. The summed E-state index contributed by atoms with van der Waals surface area (Å²) in [5.41, 5.74) is -0.238. The average molecular weight is 384 g/mol. The van der Waals surface area contributed by atoms with Gasteiger partial charge in [-0.05, 0) is 56.6 Å². The lowest BCUT2D eigenvalue weighted by molar-refractivity contribution is 0.0581. The lowest BCUT2D eigenvalue weighted by Gasteiger charge is -2.37. The van der Waals surface area contributed by atoms with E-state index in [1.54, 1.807) is 19.2 Å². The minimum atomic E-state index is -0.438. The quantitative estimate of drug-likeness (QED) is 0.810. The van der Waals surface area contributed by atoms with Crippen LogP contribution in [0.3, 0.4) is 0 Å². The van der Waals surface area contributed by atoms with Gasteiger partial charge in [0.15, 0.2) is 0 Å². The van der Waals surface area contributed by atoms with Crippen molar-refractivity contribution in [1.82, 2.24) is 19.0 Å². The fourth-order valence-corrected chi connectivity index (χ4v) is 4.52. The van der Waals surface area contributed by atoms with Gasteiger partial charge in [-0.25, -0.2) is 9.78 Å². The minimum Gasteiger partial charge on any atom is -0.331 e. The molecule has 2 heterocycles. The van der Waals surface area contributed by atoms with Crippen molar-refractivity contribution in [3.63, 3.8) is 0 Å². The van der Waals surface area contributed by atoms with Gasteiger partial charge in [-0.15, -0.1) is 0 Å². The number of hydrogen-bond acceptors (Lipinski definition) is 4. The number of amides is 1. The van der Waals surface area contributed by atoms with Crippen molar-refractivity contribution >= 4 is 16.9 Å². The Morgan fingerprint density at radius 2 is 1.64 bits per heavy atom. The van der Waals surface area contributed by atoms with E-state index in [9.17, 15) is 14.4 Å². The molecule has 0 bridgehead atoms. The first kappa shape index (κ1) is 18.9. The van der Waals surface area contributed by atoms with E-state index in [1.807, 2.05) is 4.90 Å². The second kappa shape index (κ2) is 7.18. The number of fused-ring (bicyclic) bond motifs is 1. The van der Waals surface area contributed by atoms with Crippen LogP contribution in [0.2, 0.25) is 0 Å². The van der Waals surface area contributed by atoms with E-state index in [0.717, 1.165) is 36.2 Å². The topological polar surface area (TPSA) is 77.2 Å². The Labute approximate surface area is 164 Å². The van der Waals surface area contributed by atoms with Crippen LogP contribution in [0.5, 0.6) is 0 Å². The lowest BCUT2D eigenvalue weighted by Crippen LogP contribution is -2.44. The number of nitrogens with zero attached hydrogens (tertiary/aromatic N) is 4. The highest BCUT2D eigenvalue weighted by molar-refractivity contribution is 5.95. The van der Waals surface area contributed by atoms with Gasteiger partial charge in [0.05, 0.1) is 5.39 Å². The molecule has 2 aromatic heterocycles. The Kier molecular flexibility index (Phi) is 4.85. The van der Waals surface area contributed by atoms with Crippen molar-refractivity contribution in [2.45, 2.75) is 64.0 Å². The van der Waals surface area contributed by atoms with Gasteiger partial charge in [0.1, 0.15) is 11.3 Å². The van der Waals surface area contributed by atoms with Gasteiger partial charge in [-0.1, -0.05) is 13.3 Å². The van der Waals surface area contributed by atoms with Crippen molar-refractivity contribution in [3.05, 3.63) is 38.7 Å². The van der Waals surface area contributed by atoms with Crippen LogP contribution in [0.4, 0.5) is 0 Å². The highest BCUT2D eigenvalue weighted by atomic mass is 16.2. The van der Waals surface area contributed by atoms with Gasteiger partial charge < -0.3 is 4.90 Å². The third kappa shape index (κ3) is 3.16. The SMILES string of the molecule is CCC1CCC(N(C(=O)c2ccc3c(=O)n(C)c(=O)n(C)c3n2)C2CC2)CC1. The van der Waals surface area contributed by atoms with E-state index in [4.69, 9.17) is 0 Å². The Balaban J connectivity index is 1.69. The van der Waals surface area contributed by atoms with Crippen LogP contribution in [0.1, 0.15) is 62.4 Å². The van der Waals surface area contributed by atoms with E-state index >= 15 is 0 Å². The maximum absolute atomic E-state index is 13.4. The third-order valence-electron chi connectivity index (χ3n) is 6.48. The van der Waals surface area contributed by atoms with Crippen molar-refractivity contribution in [2.75, 3.05) is 0 Å². The number of aromatic nitrogens is 3. The van der Waals surface area contributed by atoms with Crippen LogP contribution in [-0.4, -0.2) is 37.0 Å². The van der Waals surface area contributed by atoms with E-state index in [0.29, 0.717) is 17.1 Å². The summed E-state index contributed by atoms with van der Waals surface area (Å²) in [6, 6.07) is 3.83. The summed E-state index contributed by atoms with van der Waals surface area (Å²) < 4.78 is 2.40. The first-order chi connectivity index (χ1) is 13.4. The Bertz CT molecular complexity index is 1030. The van der Waals surface area contributed by atoms with Gasteiger partial charge in [-0.2, -0.15) is 0 Å². The Hall–Kier alpha value is -2.44. The molecule has 2 aromatic rings. The zero-order valence-corrected chi connectivity index (χ0v) is 16.9. The summed E-state index contributed by atoms with van der Waals surface area (Å²) in [4.78, 5) is 44.4. The molecule has 0 spiro atoms. The molecule has 0 atom stereocenters. The zero-order valence-electron chi connectivity index (χ0n) is 16.9. The third-order valence-corrected chi connectivity index (χ3v) is 6.48. The summed E-state index contributed by atoms with van der Waals surface area (Å²) in [5, 5.41) is 0.350. The molecule has 150 valence electrons. The zero-order chi connectivity index (χ0) is 20.0. The number of aryl methyl sites for hydroxylation is 1. The van der Waals surface area contributed by atoms with Crippen molar-refractivity contribution in [3.8, 4) is 0 Å². The lowest BCUT2D eigenvalue weighted by atomic mass is 9.83. The Morgan fingerprint density at radius 3 is 2.21 bits per heavy atom. The van der Waals surface area contributed by atoms with E-state index < -0.39 is 5.69 Å². The summed E-state index contributed by atoms with van der Waals surface area (Å²) in [6.07, 6.45) is 7.75. The van der Waals surface area contributed by atoms with Gasteiger partial charge in [0.25, 0.3) is 11.5 Å². The standard InChI is InChI=1S/C21H28N4O3/c1-4-13-5-7-14(8-6-13)25(15-9-10-15)20(27)17-12-11-16-18(22-17)23(2)21(28)24(3)19(16)26/h11-15H,4-10H2,1-3H3. The summed E-state index contributed by atoms with van der Waals surface area (Å²) >= 11 is 0. The van der Waals surface area contributed by atoms with Gasteiger partial charge >= 0.3 is 5.69 Å². The molecule has 2 fully saturated rings. The number of carbonyl (C=O) groups excluding carboxylic acids is 1. The van der Waals surface area contributed by atoms with Gasteiger partial charge in [0.2, 0.25) is 0 Å². The molecule has 0 aliphatic heterocycles. The number of hydrogen-bond donors (Lipinski definition) is 0. The fourth-order valence-electron chi connectivity index (χ4n) is 4.52. The largest absolute Gasteiger partial charge is 0.332 e. The summed E-state index contributed by atoms with van der Waals surface area (Å²) in [5.74, 6) is 0.703. The fraction of sp³-hybridized carbons (Fsp3) is 0.619. The molecule has 7 nitrogen and oxygen atoms in total. The highest BCUT2D eigenvalue weighted by Gasteiger charge is 2.39. The molecule has 1 amide bonds. The molecule has 0 unspecified atom stereocenters. The van der Waals surface area contributed by atoms with Crippen molar-refractivity contribution in [1.29, 1.82) is 0 Å². The second-order valence-corrected chi connectivity index (χ2v) is 8.30. The molecule has 28 heavy (non-hydrogen) atoms. The van der Waals surface area contributed by atoms with E-state index in [2.05, 4.69) is 11.9 Å². The van der Waals surface area contributed by atoms with Crippen LogP contribution in [0.15, 0.2) is 21.7 Å². The van der Waals surface area contributed by atoms with E-state index in [-0.39, 0.29) is 23.2 Å². The van der Waals surface area contributed by atoms with Crippen molar-refractivity contribution in [2.24, 2.45) is 20.0 Å². The first-order valence-electron chi connectivity index (χ1n) is 10.3. The Morgan fingerprint density at radius 1 is 1.04 bits per heavy atom. The van der Waals surface area contributed by atoms with Crippen LogP contribution < -0.4 is 11.2 Å². The van der Waals surface area contributed by atoms with Crippen LogP contribution in [0.25, 0.3) is 11.0 Å². The van der Waals surface area contributed by atoms with Crippen LogP contribution in [0, 0.1) is 5.92 Å². The van der Waals surface area contributed by atoms with Crippen LogP contribution in [-0.2, 0) is 14.1 Å². The second-order valence-electron chi connectivity index (χ2n) is 8.30. The molecule has 0 N–H and O–H groups in total. The predicted molar refractivity (Wildman–Crippen MR) is 107 cm³/mol. The molecule has 2 aliphatic rings. The monoisotopic (exact) mass is 384 g/mol. The highest BCUT2D eigenvalue weighted by Crippen LogP contribution is 2.37. The molecule has 2 saturated carbocycles. The minimum absolute atomic E-state index is 0.0718. The predicted octanol–water partition coefficient (Wildman–Crippen LogP) is 2.21. The summed E-state index contributed by atoms with van der Waals surface area (Å²) in [7, 11) is 3.03. The van der Waals surface area contributed by atoms with Crippen LogP contribution >= 0.6 is 0 Å². The molecule has 7 heteroatoms. The average Bonchev–Trinajstić information content (AvgIpc) is 3.56. The maximum atomic E-state index is 13.4. The molecule has 0 aromatic carbocycles. The normalized spacial score (nSPS) is 22.4. The number of carbonyl (C=O) groups is 1. The molecule has 0 radical (unpaired) electrons. The molecule has 2 aliphatic carbocycles. The smallest absolute Gasteiger partial charge is 0.331 e. The molecule has 4 rings (SSSR count). The first-order valence-corrected chi connectivity index (χ1v) is 10.3. The van der Waals surface area contributed by atoms with Gasteiger partial charge in [-0.3, -0.25) is 18.7 Å². The van der Waals surface area contributed by atoms with Gasteiger partial charge in [0, 0.05) is 26.2 Å². The number of pyridine rings is 1. The molecular formula is C21H28N4O3. The maximum Gasteiger partial charge on any atom is 0.332 e. The van der Waals surface area contributed by atoms with E-state index in [1.165, 1.54) is 30.9 Å². The van der Waals surface area contributed by atoms with Crippen molar-refractivity contribution < 1.29 is 4.79 Å². The summed E-state index contributed by atoms with van der Waals surface area (Å²) in [6.45, 7) is 2.24. The number of rotatable bonds is 4. The molecular weight excluding hydrogens is 356 g/mol.